The van der Waals surface area contributed by atoms with Crippen molar-refractivity contribution in [2.75, 3.05) is 31.5 Å². The monoisotopic (exact) mass is 644 g/mol. The topological polar surface area (TPSA) is 124 Å². The standard InChI is InChI=1S/C11H10O4S.C9H7BrO3.C9H8O3/c1-7(12)16-5-9(13)8-2-3-10-11(4-8)15-6-14-10;10-4-7(11)6-1-2-8-9(3-6)13-5-12-8;1-6(10)7-2-3-8-9(4-7)12-5-11-8/h2-4H,5-6H2,1H3;1-3H,4-5H2;2-4H,5H2,1H3. The molecule has 12 heteroatoms. The van der Waals surface area contributed by atoms with Crippen LogP contribution in [0.4, 0.5) is 0 Å². The number of hydrogen-bond donors (Lipinski definition) is 0. The third kappa shape index (κ3) is 8.01. The van der Waals surface area contributed by atoms with E-state index in [1.807, 2.05) is 0 Å². The number of halogens is 1. The normalized spacial score (nSPS) is 12.9. The van der Waals surface area contributed by atoms with Gasteiger partial charge in [-0.1, -0.05) is 27.7 Å². The van der Waals surface area contributed by atoms with Gasteiger partial charge in [0.2, 0.25) is 20.4 Å². The summed E-state index contributed by atoms with van der Waals surface area (Å²) in [6.45, 7) is 3.64. The minimum absolute atomic E-state index is 0.0355. The van der Waals surface area contributed by atoms with E-state index >= 15 is 0 Å². The van der Waals surface area contributed by atoms with Crippen molar-refractivity contribution in [3.05, 3.63) is 71.3 Å². The highest BCUT2D eigenvalue weighted by atomic mass is 79.9. The molecule has 3 aromatic carbocycles. The maximum atomic E-state index is 11.7. The number of Topliss-reactive ketones (excluding diaryl/α,β-unsaturated/α-hetero) is 3. The van der Waals surface area contributed by atoms with E-state index in [1.54, 1.807) is 54.6 Å². The predicted molar refractivity (Wildman–Crippen MR) is 153 cm³/mol. The van der Waals surface area contributed by atoms with Crippen LogP contribution in [0, 0.1) is 0 Å². The fourth-order valence-corrected chi connectivity index (χ4v) is 4.41. The van der Waals surface area contributed by atoms with Crippen molar-refractivity contribution in [1.29, 1.82) is 0 Å². The molecule has 10 nitrogen and oxygen atoms in total. The summed E-state index contributed by atoms with van der Waals surface area (Å²) in [5.41, 5.74) is 1.83. The molecular weight excluding hydrogens is 620 g/mol. The van der Waals surface area contributed by atoms with Gasteiger partial charge in [0, 0.05) is 23.6 Å². The highest BCUT2D eigenvalue weighted by Crippen LogP contribution is 2.34. The molecule has 3 heterocycles. The lowest BCUT2D eigenvalue weighted by atomic mass is 10.1. The van der Waals surface area contributed by atoms with Crippen molar-refractivity contribution in [1.82, 2.24) is 0 Å². The first kappa shape index (κ1) is 29.9. The Kier molecular flexibility index (Phi) is 10.3. The van der Waals surface area contributed by atoms with Crippen LogP contribution >= 0.6 is 27.7 Å². The van der Waals surface area contributed by atoms with E-state index in [1.165, 1.54) is 13.8 Å². The van der Waals surface area contributed by atoms with Gasteiger partial charge in [0.15, 0.2) is 57.0 Å². The third-order valence-corrected chi connectivity index (χ3v) is 7.02. The molecule has 214 valence electrons. The van der Waals surface area contributed by atoms with Crippen molar-refractivity contribution < 1.29 is 47.6 Å². The van der Waals surface area contributed by atoms with E-state index in [0.717, 1.165) is 11.8 Å². The number of ketones is 3. The SMILES string of the molecule is CC(=O)SCC(=O)c1ccc2c(c1)OCO2.CC(=O)c1ccc2c(c1)OCO2.O=C(CBr)c1ccc2c(c1)OCO2. The van der Waals surface area contributed by atoms with Gasteiger partial charge >= 0.3 is 0 Å². The Morgan fingerprint density at radius 2 is 1.00 bits per heavy atom. The number of hydrogen-bond acceptors (Lipinski definition) is 11. The number of fused-ring (bicyclic) bond motifs is 3. The summed E-state index contributed by atoms with van der Waals surface area (Å²) in [5.74, 6) is 4.09. The summed E-state index contributed by atoms with van der Waals surface area (Å²) in [5, 5.41) is 0.265. The molecule has 0 spiro atoms. The molecule has 0 bridgehead atoms. The number of alkyl halides is 1. The van der Waals surface area contributed by atoms with Gasteiger partial charge in [-0.15, -0.1) is 0 Å². The first-order chi connectivity index (χ1) is 19.7. The minimum atomic E-state index is -0.0847. The van der Waals surface area contributed by atoms with Gasteiger partial charge in [-0.2, -0.15) is 0 Å². The highest BCUT2D eigenvalue weighted by Gasteiger charge is 2.17. The Morgan fingerprint density at radius 1 is 0.610 bits per heavy atom. The van der Waals surface area contributed by atoms with Crippen molar-refractivity contribution >= 4 is 50.2 Å². The zero-order chi connectivity index (χ0) is 29.4. The van der Waals surface area contributed by atoms with Crippen LogP contribution in [0.1, 0.15) is 44.9 Å². The second-order valence-electron chi connectivity index (χ2n) is 8.52. The van der Waals surface area contributed by atoms with Gasteiger partial charge in [-0.05, 0) is 61.5 Å². The van der Waals surface area contributed by atoms with E-state index in [9.17, 15) is 19.2 Å². The number of rotatable bonds is 6. The summed E-state index contributed by atoms with van der Waals surface area (Å²) < 4.78 is 30.8. The lowest BCUT2D eigenvalue weighted by Gasteiger charge is -2.01. The Labute approximate surface area is 248 Å². The van der Waals surface area contributed by atoms with Crippen molar-refractivity contribution in [2.45, 2.75) is 13.8 Å². The molecule has 0 N–H and O–H groups in total. The summed E-state index contributed by atoms with van der Waals surface area (Å²) in [6, 6.07) is 15.4. The van der Waals surface area contributed by atoms with E-state index in [-0.39, 0.29) is 48.6 Å². The molecule has 0 aromatic heterocycles. The Morgan fingerprint density at radius 3 is 1.41 bits per heavy atom. The summed E-state index contributed by atoms with van der Waals surface area (Å²) >= 11 is 4.12. The molecule has 0 amide bonds. The van der Waals surface area contributed by atoms with Crippen LogP contribution < -0.4 is 28.4 Å². The van der Waals surface area contributed by atoms with E-state index < -0.39 is 0 Å². The number of carbonyl (C=O) groups excluding carboxylic acids is 4. The average Bonchev–Trinajstić information content (AvgIpc) is 3.75. The first-order valence-corrected chi connectivity index (χ1v) is 14.3. The molecule has 0 fully saturated rings. The van der Waals surface area contributed by atoms with Gasteiger partial charge in [0.1, 0.15) is 0 Å². The van der Waals surface area contributed by atoms with Gasteiger partial charge in [-0.25, -0.2) is 0 Å². The zero-order valence-electron chi connectivity index (χ0n) is 22.1. The highest BCUT2D eigenvalue weighted by molar-refractivity contribution is 9.09. The molecule has 0 unspecified atom stereocenters. The number of benzene rings is 3. The van der Waals surface area contributed by atoms with E-state index in [0.29, 0.717) is 56.5 Å². The van der Waals surface area contributed by atoms with E-state index in [4.69, 9.17) is 28.4 Å². The van der Waals surface area contributed by atoms with Gasteiger partial charge < -0.3 is 28.4 Å². The molecular formula is C29H25BrO10S. The van der Waals surface area contributed by atoms with E-state index in [2.05, 4.69) is 15.9 Å². The molecule has 6 rings (SSSR count). The molecule has 0 saturated carbocycles. The van der Waals surface area contributed by atoms with Crippen LogP contribution in [0.25, 0.3) is 0 Å². The van der Waals surface area contributed by atoms with Crippen LogP contribution in [0.5, 0.6) is 34.5 Å². The summed E-state index contributed by atoms with van der Waals surface area (Å²) in [7, 11) is 0. The van der Waals surface area contributed by atoms with Crippen molar-refractivity contribution in [3.8, 4) is 34.5 Å². The summed E-state index contributed by atoms with van der Waals surface area (Å²) in [4.78, 5) is 44.6. The fourth-order valence-electron chi connectivity index (χ4n) is 3.58. The first-order valence-electron chi connectivity index (χ1n) is 12.2. The molecule has 3 aromatic rings. The second kappa shape index (κ2) is 14.0. The smallest absolute Gasteiger partial charge is 0.231 e. The molecule has 0 aliphatic carbocycles. The van der Waals surface area contributed by atoms with Crippen LogP contribution in [0.15, 0.2) is 54.6 Å². The van der Waals surface area contributed by atoms with Crippen molar-refractivity contribution in [3.63, 3.8) is 0 Å². The average molecular weight is 645 g/mol. The van der Waals surface area contributed by atoms with Crippen LogP contribution in [-0.2, 0) is 4.79 Å². The van der Waals surface area contributed by atoms with Crippen LogP contribution in [0.2, 0.25) is 0 Å². The van der Waals surface area contributed by atoms with Gasteiger partial charge in [0.05, 0.1) is 11.1 Å². The molecule has 3 aliphatic heterocycles. The second-order valence-corrected chi connectivity index (χ2v) is 10.2. The summed E-state index contributed by atoms with van der Waals surface area (Å²) in [6.07, 6.45) is 0. The number of ether oxygens (including phenoxy) is 6. The number of carbonyl (C=O) groups is 4. The van der Waals surface area contributed by atoms with Gasteiger partial charge in [0.25, 0.3) is 0 Å². The van der Waals surface area contributed by atoms with Crippen LogP contribution in [-0.4, -0.2) is 53.9 Å². The molecule has 0 radical (unpaired) electrons. The fraction of sp³-hybridized carbons (Fsp3) is 0.241. The zero-order valence-corrected chi connectivity index (χ0v) is 24.5. The Bertz CT molecular complexity index is 1470. The maximum absolute atomic E-state index is 11.7. The molecule has 41 heavy (non-hydrogen) atoms. The molecule has 0 saturated heterocycles. The van der Waals surface area contributed by atoms with Crippen molar-refractivity contribution in [2.24, 2.45) is 0 Å². The Hall–Kier alpha value is -4.03. The number of thioether (sulfide) groups is 1. The lowest BCUT2D eigenvalue weighted by Crippen LogP contribution is -2.03. The quantitative estimate of drug-likeness (QED) is 0.250. The van der Waals surface area contributed by atoms with Crippen LogP contribution in [0.3, 0.4) is 0 Å². The minimum Gasteiger partial charge on any atom is -0.454 e. The largest absolute Gasteiger partial charge is 0.454 e. The maximum Gasteiger partial charge on any atom is 0.231 e. The lowest BCUT2D eigenvalue weighted by molar-refractivity contribution is -0.109. The molecule has 0 atom stereocenters. The van der Waals surface area contributed by atoms with Gasteiger partial charge in [-0.3, -0.25) is 19.2 Å². The predicted octanol–water partition coefficient (Wildman–Crippen LogP) is 5.49. The Balaban J connectivity index is 0.000000143. The molecule has 3 aliphatic rings. The third-order valence-electron chi connectivity index (χ3n) is 5.70.